The molecular formula is C32H33Cl2N5O4. The van der Waals surface area contributed by atoms with Gasteiger partial charge in [-0.15, -0.1) is 6.42 Å². The summed E-state index contributed by atoms with van der Waals surface area (Å²) in [5.41, 5.74) is 2.31. The number of amides is 4. The molecule has 0 aliphatic carbocycles. The van der Waals surface area contributed by atoms with Crippen molar-refractivity contribution in [3.63, 3.8) is 0 Å². The Morgan fingerprint density at radius 3 is 2.44 bits per heavy atom. The van der Waals surface area contributed by atoms with Crippen molar-refractivity contribution >= 4 is 41.0 Å². The number of rotatable bonds is 9. The molecule has 1 heterocycles. The van der Waals surface area contributed by atoms with Gasteiger partial charge in [0.25, 0.3) is 0 Å². The largest absolute Gasteiger partial charge is 0.508 e. The van der Waals surface area contributed by atoms with Crippen LogP contribution in [0.4, 0.5) is 4.79 Å². The van der Waals surface area contributed by atoms with Crippen LogP contribution in [-0.4, -0.2) is 75.1 Å². The molecule has 43 heavy (non-hydrogen) atoms. The predicted molar refractivity (Wildman–Crippen MR) is 166 cm³/mol. The fourth-order valence-electron chi connectivity index (χ4n) is 5.10. The summed E-state index contributed by atoms with van der Waals surface area (Å²) in [5, 5.41) is 16.5. The molecular weight excluding hydrogens is 589 g/mol. The lowest BCUT2D eigenvalue weighted by atomic mass is 10.0. The summed E-state index contributed by atoms with van der Waals surface area (Å²) >= 11 is 12.4. The van der Waals surface area contributed by atoms with Gasteiger partial charge in [0.2, 0.25) is 11.8 Å². The van der Waals surface area contributed by atoms with Gasteiger partial charge in [0.05, 0.1) is 13.1 Å². The second-order valence-corrected chi connectivity index (χ2v) is 11.1. The van der Waals surface area contributed by atoms with Crippen LogP contribution in [0.3, 0.4) is 0 Å². The maximum atomic E-state index is 14.1. The topological polar surface area (TPSA) is 96.4 Å². The van der Waals surface area contributed by atoms with Crippen molar-refractivity contribution in [2.75, 3.05) is 20.1 Å². The summed E-state index contributed by atoms with van der Waals surface area (Å²) in [4.78, 5) is 44.3. The zero-order valence-corrected chi connectivity index (χ0v) is 25.4. The number of carbonyl (C=O) groups excluding carboxylic acids is 3. The smallest absolute Gasteiger partial charge is 0.334 e. The highest BCUT2D eigenvalue weighted by Gasteiger charge is 2.44. The lowest BCUT2D eigenvalue weighted by Crippen LogP contribution is -2.70. The molecule has 1 aliphatic rings. The lowest BCUT2D eigenvalue weighted by Gasteiger charge is -2.49. The van der Waals surface area contributed by atoms with E-state index < -0.39 is 18.2 Å². The highest BCUT2D eigenvalue weighted by molar-refractivity contribution is 6.35. The molecule has 2 N–H and O–H groups in total. The van der Waals surface area contributed by atoms with E-state index in [1.54, 1.807) is 44.3 Å². The molecule has 1 fully saturated rings. The minimum atomic E-state index is -0.986. The van der Waals surface area contributed by atoms with Crippen LogP contribution in [0.1, 0.15) is 23.6 Å². The second kappa shape index (κ2) is 14.3. The number of hydrogen-bond acceptors (Lipinski definition) is 5. The van der Waals surface area contributed by atoms with Crippen molar-refractivity contribution in [2.45, 2.75) is 38.6 Å². The van der Waals surface area contributed by atoms with Crippen molar-refractivity contribution in [2.24, 2.45) is 0 Å². The fourth-order valence-corrected chi connectivity index (χ4v) is 5.57. The number of phenols is 1. The van der Waals surface area contributed by atoms with Gasteiger partial charge in [-0.25, -0.2) is 9.80 Å². The van der Waals surface area contributed by atoms with Gasteiger partial charge in [0.15, 0.2) is 0 Å². The Morgan fingerprint density at radius 2 is 1.79 bits per heavy atom. The van der Waals surface area contributed by atoms with Crippen LogP contribution in [0.2, 0.25) is 10.0 Å². The average molecular weight is 623 g/mol. The van der Waals surface area contributed by atoms with E-state index in [0.717, 1.165) is 11.1 Å². The van der Waals surface area contributed by atoms with Crippen molar-refractivity contribution in [1.29, 1.82) is 0 Å². The first-order chi connectivity index (χ1) is 20.6. The van der Waals surface area contributed by atoms with Crippen LogP contribution in [0.15, 0.2) is 72.8 Å². The normalized spacial score (nSPS) is 16.0. The molecule has 9 nitrogen and oxygen atoms in total. The Balaban J connectivity index is 1.65. The number of halogens is 2. The molecule has 4 rings (SSSR count). The van der Waals surface area contributed by atoms with E-state index in [1.165, 1.54) is 32.0 Å². The number of likely N-dealkylation sites (N-methyl/N-ethyl adjacent to an activating group) is 1. The molecule has 0 unspecified atom stereocenters. The molecule has 4 amide bonds. The van der Waals surface area contributed by atoms with E-state index in [0.29, 0.717) is 15.6 Å². The number of nitrogens with zero attached hydrogens (tertiary/aromatic N) is 4. The van der Waals surface area contributed by atoms with Crippen molar-refractivity contribution in [1.82, 2.24) is 25.1 Å². The first-order valence-electron chi connectivity index (χ1n) is 13.7. The zero-order chi connectivity index (χ0) is 31.1. The molecule has 3 aromatic rings. The third-order valence-electron chi connectivity index (χ3n) is 7.22. The molecule has 224 valence electrons. The van der Waals surface area contributed by atoms with Crippen LogP contribution in [0.25, 0.3) is 0 Å². The Kier molecular flexibility index (Phi) is 10.5. The molecule has 0 aromatic heterocycles. The molecule has 0 radical (unpaired) electrons. The van der Waals surface area contributed by atoms with Crippen LogP contribution in [0, 0.1) is 12.3 Å². The van der Waals surface area contributed by atoms with Crippen LogP contribution >= 0.6 is 23.2 Å². The van der Waals surface area contributed by atoms with Crippen LogP contribution in [-0.2, 0) is 29.1 Å². The minimum Gasteiger partial charge on any atom is -0.508 e. The summed E-state index contributed by atoms with van der Waals surface area (Å²) in [5.74, 6) is 1.89. The predicted octanol–water partition coefficient (Wildman–Crippen LogP) is 4.52. The summed E-state index contributed by atoms with van der Waals surface area (Å²) in [6.45, 7) is 1.95. The number of hydrazine groups is 1. The minimum absolute atomic E-state index is 0.0220. The number of phenolic OH excluding ortho intramolecular Hbond substituents is 1. The molecule has 2 atom stereocenters. The van der Waals surface area contributed by atoms with E-state index >= 15 is 0 Å². The molecule has 1 aliphatic heterocycles. The Bertz CT molecular complexity index is 1500. The molecule has 1 saturated heterocycles. The number of aromatic hydroxyl groups is 1. The Hall–Kier alpha value is -4.23. The number of nitrogens with one attached hydrogen (secondary N) is 1. The summed E-state index contributed by atoms with van der Waals surface area (Å²) in [6, 6.07) is 19.5. The van der Waals surface area contributed by atoms with Crippen LogP contribution in [0.5, 0.6) is 5.75 Å². The standard InChI is InChI=1S/C32H33Cl2N5O4/c1-4-16-37-21-30(41)38(22(2)39(37)32(43)35-19-24-8-6-5-7-9-24)29(17-23-10-14-27(40)15-11-23)31(42)36(3)20-25-12-13-26(33)18-28(25)34/h1,5-15,18,22,29,40H,16-17,19-21H2,2-3H3,(H,35,43)/t22-,29-/m0/s1. The molecule has 11 heteroatoms. The lowest BCUT2D eigenvalue weighted by molar-refractivity contribution is -0.173. The monoisotopic (exact) mass is 621 g/mol. The number of terminal acetylenes is 1. The van der Waals surface area contributed by atoms with Gasteiger partial charge in [0.1, 0.15) is 18.0 Å². The van der Waals surface area contributed by atoms with Gasteiger partial charge < -0.3 is 20.2 Å². The van der Waals surface area contributed by atoms with Gasteiger partial charge in [-0.1, -0.05) is 77.7 Å². The fraction of sp³-hybridized carbons (Fsp3) is 0.281. The van der Waals surface area contributed by atoms with Crippen LogP contribution < -0.4 is 5.32 Å². The Morgan fingerprint density at radius 1 is 1.09 bits per heavy atom. The maximum Gasteiger partial charge on any atom is 0.334 e. The number of hydrogen-bond donors (Lipinski definition) is 2. The summed E-state index contributed by atoms with van der Waals surface area (Å²) in [7, 11) is 1.63. The van der Waals surface area contributed by atoms with E-state index in [4.69, 9.17) is 29.6 Å². The zero-order valence-electron chi connectivity index (χ0n) is 23.9. The summed E-state index contributed by atoms with van der Waals surface area (Å²) in [6.07, 6.45) is 4.88. The Labute approximate surface area is 261 Å². The second-order valence-electron chi connectivity index (χ2n) is 10.3. The number of carbonyl (C=O) groups is 3. The van der Waals surface area contributed by atoms with Crippen molar-refractivity contribution in [3.05, 3.63) is 99.5 Å². The van der Waals surface area contributed by atoms with Crippen molar-refractivity contribution in [3.8, 4) is 18.1 Å². The maximum absolute atomic E-state index is 14.1. The number of urea groups is 1. The van der Waals surface area contributed by atoms with Gasteiger partial charge in [-0.2, -0.15) is 5.01 Å². The highest BCUT2D eigenvalue weighted by Crippen LogP contribution is 2.26. The van der Waals surface area contributed by atoms with E-state index in [1.807, 2.05) is 30.3 Å². The highest BCUT2D eigenvalue weighted by atomic mass is 35.5. The third kappa shape index (κ3) is 7.79. The van der Waals surface area contributed by atoms with Gasteiger partial charge in [-0.05, 0) is 47.9 Å². The molecule has 0 bridgehead atoms. The molecule has 0 spiro atoms. The molecule has 3 aromatic carbocycles. The third-order valence-corrected chi connectivity index (χ3v) is 7.81. The van der Waals surface area contributed by atoms with Crippen molar-refractivity contribution < 1.29 is 19.5 Å². The van der Waals surface area contributed by atoms with Gasteiger partial charge >= 0.3 is 6.03 Å². The first kappa shape index (κ1) is 31.7. The SMILES string of the molecule is C#CCN1CC(=O)N([C@@H](Cc2ccc(O)cc2)C(=O)N(C)Cc2ccc(Cl)cc2Cl)[C@H](C)N1C(=O)NCc1ccccc1. The van der Waals surface area contributed by atoms with Gasteiger partial charge in [-0.3, -0.25) is 9.59 Å². The summed E-state index contributed by atoms with van der Waals surface area (Å²) < 4.78 is 0. The first-order valence-corrected chi connectivity index (χ1v) is 14.4. The molecule has 0 saturated carbocycles. The average Bonchev–Trinajstić information content (AvgIpc) is 2.98. The van der Waals surface area contributed by atoms with Gasteiger partial charge in [0, 0.05) is 36.6 Å². The van der Waals surface area contributed by atoms with E-state index in [-0.39, 0.29) is 50.2 Å². The quantitative estimate of drug-likeness (QED) is 0.343. The van der Waals surface area contributed by atoms with E-state index in [2.05, 4.69) is 11.2 Å². The van der Waals surface area contributed by atoms with E-state index in [9.17, 15) is 19.5 Å². The number of benzene rings is 3.